The van der Waals surface area contributed by atoms with Crippen molar-refractivity contribution in [2.75, 3.05) is 0 Å². The Kier molecular flexibility index (Phi) is 4.66. The number of nitrogens with zero attached hydrogens (tertiary/aromatic N) is 3. The zero-order chi connectivity index (χ0) is 25.0. The number of nitriles is 1. The van der Waals surface area contributed by atoms with Crippen LogP contribution < -0.4 is 11.3 Å². The lowest BCUT2D eigenvalue weighted by Gasteiger charge is -2.16. The summed E-state index contributed by atoms with van der Waals surface area (Å²) < 4.78 is 7.00. The summed E-state index contributed by atoms with van der Waals surface area (Å²) in [6.07, 6.45) is 1.81. The first-order chi connectivity index (χ1) is 17.4. The molecule has 0 unspecified atom stereocenters. The average molecular weight is 473 g/mol. The van der Waals surface area contributed by atoms with Gasteiger partial charge in [-0.25, -0.2) is 9.59 Å². The van der Waals surface area contributed by atoms with Crippen LogP contribution in [0.2, 0.25) is 0 Å². The normalized spacial score (nSPS) is 11.8. The highest BCUT2D eigenvalue weighted by Gasteiger charge is 2.21. The van der Waals surface area contributed by atoms with E-state index in [1.54, 1.807) is 24.4 Å². The first-order valence-corrected chi connectivity index (χ1v) is 11.4. The van der Waals surface area contributed by atoms with Crippen molar-refractivity contribution in [3.63, 3.8) is 0 Å². The van der Waals surface area contributed by atoms with Gasteiger partial charge in [-0.2, -0.15) is 5.26 Å². The number of hydrogen-bond acceptors (Lipinski definition) is 5. The Bertz CT molecular complexity index is 1970. The largest absolute Gasteiger partial charge is 0.421 e. The van der Waals surface area contributed by atoms with E-state index in [9.17, 15) is 14.9 Å². The Morgan fingerprint density at radius 2 is 1.75 bits per heavy atom. The highest BCUT2D eigenvalue weighted by molar-refractivity contribution is 6.03. The second kappa shape index (κ2) is 7.79. The van der Waals surface area contributed by atoms with E-state index in [0.717, 1.165) is 27.6 Å². The van der Waals surface area contributed by atoms with Crippen molar-refractivity contribution in [1.29, 1.82) is 5.26 Å². The van der Waals surface area contributed by atoms with Gasteiger partial charge >= 0.3 is 11.3 Å². The molecule has 6 aromatic rings. The van der Waals surface area contributed by atoms with E-state index in [1.807, 2.05) is 62.4 Å². The van der Waals surface area contributed by atoms with Crippen molar-refractivity contribution in [1.82, 2.24) is 14.5 Å². The molecular formula is C29H20N4O3. The van der Waals surface area contributed by atoms with Gasteiger partial charge in [0, 0.05) is 22.5 Å². The summed E-state index contributed by atoms with van der Waals surface area (Å²) in [6.45, 7) is 3.67. The molecule has 0 aliphatic rings. The van der Waals surface area contributed by atoms with Gasteiger partial charge in [-0.15, -0.1) is 0 Å². The molecule has 174 valence electrons. The van der Waals surface area contributed by atoms with Crippen LogP contribution in [0.5, 0.6) is 0 Å². The molecule has 3 heterocycles. The van der Waals surface area contributed by atoms with Crippen LogP contribution in [-0.4, -0.2) is 14.5 Å². The van der Waals surface area contributed by atoms with E-state index in [4.69, 9.17) is 4.42 Å². The maximum absolute atomic E-state index is 13.0. The number of para-hydroxylation sites is 1. The third kappa shape index (κ3) is 3.31. The van der Waals surface area contributed by atoms with Crippen LogP contribution in [0.25, 0.3) is 49.7 Å². The molecule has 0 atom stereocenters. The molecule has 36 heavy (non-hydrogen) atoms. The fraction of sp³-hybridized carbons (Fsp3) is 0.103. The van der Waals surface area contributed by atoms with Gasteiger partial charge in [-0.3, -0.25) is 14.5 Å². The number of aromatic nitrogens is 3. The number of pyridine rings is 1. The van der Waals surface area contributed by atoms with Crippen LogP contribution >= 0.6 is 0 Å². The van der Waals surface area contributed by atoms with Crippen molar-refractivity contribution < 1.29 is 4.42 Å². The van der Waals surface area contributed by atoms with Crippen molar-refractivity contribution >= 4 is 32.9 Å². The predicted molar refractivity (Wildman–Crippen MR) is 139 cm³/mol. The molecule has 1 N–H and O–H groups in total. The molecule has 0 radical (unpaired) electrons. The highest BCUT2D eigenvalue weighted by atomic mass is 16.4. The molecule has 0 saturated carbocycles. The van der Waals surface area contributed by atoms with Gasteiger partial charge in [0.2, 0.25) is 0 Å². The summed E-state index contributed by atoms with van der Waals surface area (Å²) in [4.78, 5) is 33.0. The Morgan fingerprint density at radius 1 is 0.972 bits per heavy atom. The molecule has 0 spiro atoms. The van der Waals surface area contributed by atoms with E-state index < -0.39 is 16.7 Å². The topological polar surface area (TPSA) is 105 Å². The van der Waals surface area contributed by atoms with E-state index >= 15 is 0 Å². The van der Waals surface area contributed by atoms with E-state index in [1.165, 1.54) is 4.57 Å². The molecule has 0 saturated heterocycles. The SMILES string of the molecule is CC(C)(C#N)c1ccc(-n2c(=O)[nH]c3c(=O)oc4ccc(-c5cnc6ccccc6c5)cc4c32)cc1. The maximum atomic E-state index is 13.0. The van der Waals surface area contributed by atoms with Crippen LogP contribution in [0.15, 0.2) is 93.0 Å². The minimum atomic E-state index is -0.666. The van der Waals surface area contributed by atoms with Crippen molar-refractivity contribution in [2.45, 2.75) is 19.3 Å². The van der Waals surface area contributed by atoms with Crippen LogP contribution in [0.4, 0.5) is 0 Å². The van der Waals surface area contributed by atoms with Gasteiger partial charge in [0.15, 0.2) is 5.52 Å². The van der Waals surface area contributed by atoms with Crippen LogP contribution in [-0.2, 0) is 5.41 Å². The lowest BCUT2D eigenvalue weighted by Crippen LogP contribution is -2.16. The Morgan fingerprint density at radius 3 is 2.53 bits per heavy atom. The molecular weight excluding hydrogens is 452 g/mol. The molecule has 6 rings (SSSR count). The Labute approximate surface area is 204 Å². The molecule has 0 aliphatic heterocycles. The van der Waals surface area contributed by atoms with Gasteiger partial charge in [0.25, 0.3) is 0 Å². The number of fused-ring (bicyclic) bond motifs is 4. The van der Waals surface area contributed by atoms with Crippen LogP contribution in [0, 0.1) is 11.3 Å². The zero-order valence-electron chi connectivity index (χ0n) is 19.6. The molecule has 7 nitrogen and oxygen atoms in total. The van der Waals surface area contributed by atoms with Gasteiger partial charge in [0.05, 0.1) is 28.2 Å². The van der Waals surface area contributed by atoms with Crippen LogP contribution in [0.1, 0.15) is 19.4 Å². The molecule has 3 aromatic carbocycles. The first kappa shape index (κ1) is 21.6. The second-order valence-corrected chi connectivity index (χ2v) is 9.29. The number of aromatic amines is 1. The van der Waals surface area contributed by atoms with Crippen molar-refractivity contribution in [2.24, 2.45) is 0 Å². The molecule has 7 heteroatoms. The summed E-state index contributed by atoms with van der Waals surface area (Å²) in [5.41, 5.74) is 3.27. The lowest BCUT2D eigenvalue weighted by atomic mass is 9.86. The van der Waals surface area contributed by atoms with Gasteiger partial charge < -0.3 is 4.42 Å². The summed E-state index contributed by atoms with van der Waals surface area (Å²) in [5.74, 6) is 0. The number of benzene rings is 3. The standard InChI is InChI=1S/C29H20N4O3/c1-29(2,16-30)20-8-10-21(11-9-20)33-26-22-14-17(19-13-18-5-3-4-6-23(18)31-15-19)7-12-24(22)36-27(34)25(26)32-28(33)35/h3-15H,1-2H3,(H,32,35). The van der Waals surface area contributed by atoms with Crippen LogP contribution in [0.3, 0.4) is 0 Å². The molecule has 3 aromatic heterocycles. The van der Waals surface area contributed by atoms with E-state index in [2.05, 4.69) is 22.1 Å². The number of nitrogens with one attached hydrogen (secondary N) is 1. The fourth-order valence-corrected chi connectivity index (χ4v) is 4.54. The van der Waals surface area contributed by atoms with E-state index in [0.29, 0.717) is 22.2 Å². The summed E-state index contributed by atoms with van der Waals surface area (Å²) in [7, 11) is 0. The monoisotopic (exact) mass is 472 g/mol. The van der Waals surface area contributed by atoms with Gasteiger partial charge in [-0.1, -0.05) is 36.4 Å². The number of rotatable bonds is 3. The van der Waals surface area contributed by atoms with Gasteiger partial charge in [-0.05, 0) is 61.4 Å². The number of hydrogen-bond donors (Lipinski definition) is 1. The average Bonchev–Trinajstić information content (AvgIpc) is 3.26. The quantitative estimate of drug-likeness (QED) is 0.345. The zero-order valence-corrected chi connectivity index (χ0v) is 19.6. The third-order valence-corrected chi connectivity index (χ3v) is 6.59. The Balaban J connectivity index is 1.60. The number of H-pyrrole nitrogens is 1. The summed E-state index contributed by atoms with van der Waals surface area (Å²) >= 11 is 0. The lowest BCUT2D eigenvalue weighted by molar-refractivity contribution is 0.568. The highest BCUT2D eigenvalue weighted by Crippen LogP contribution is 2.30. The minimum Gasteiger partial charge on any atom is -0.421 e. The Hall–Kier alpha value is -4.96. The molecule has 0 fully saturated rings. The molecule has 0 aliphatic carbocycles. The number of imidazole rings is 1. The minimum absolute atomic E-state index is 0.0997. The van der Waals surface area contributed by atoms with Crippen molar-refractivity contribution in [3.8, 4) is 22.9 Å². The third-order valence-electron chi connectivity index (χ3n) is 6.59. The fourth-order valence-electron chi connectivity index (χ4n) is 4.54. The van der Waals surface area contributed by atoms with Crippen molar-refractivity contribution in [3.05, 3.63) is 105 Å². The van der Waals surface area contributed by atoms with Gasteiger partial charge in [0.1, 0.15) is 5.58 Å². The maximum Gasteiger partial charge on any atom is 0.362 e. The smallest absolute Gasteiger partial charge is 0.362 e. The summed E-state index contributed by atoms with van der Waals surface area (Å²) in [6, 6.07) is 24.9. The van der Waals surface area contributed by atoms with E-state index in [-0.39, 0.29) is 5.52 Å². The molecule has 0 bridgehead atoms. The summed E-state index contributed by atoms with van der Waals surface area (Å²) in [5, 5.41) is 11.1. The molecule has 0 amide bonds. The first-order valence-electron chi connectivity index (χ1n) is 11.4. The second-order valence-electron chi connectivity index (χ2n) is 9.29. The predicted octanol–water partition coefficient (Wildman–Crippen LogP) is 5.44.